The largest absolute Gasteiger partial charge is 0.480 e. The number of carboxylic acids is 1. The van der Waals surface area contributed by atoms with Crippen LogP contribution in [0.3, 0.4) is 0 Å². The van der Waals surface area contributed by atoms with Gasteiger partial charge in [0.05, 0.1) is 6.54 Å². The Morgan fingerprint density at radius 3 is 2.67 bits per heavy atom. The third kappa shape index (κ3) is 4.42. The van der Waals surface area contributed by atoms with Crippen LogP contribution in [-0.4, -0.2) is 51.3 Å². The molecule has 27 heavy (non-hydrogen) atoms. The van der Waals surface area contributed by atoms with E-state index >= 15 is 0 Å². The number of fused-ring (bicyclic) bond motifs is 1. The standard InChI is InChI=1S/C19H21ClN2O5/c1-19(2,3)27-18(25)22-10-12(9-14(22)17(23)24)26-16-13-7-5-4-6-11(13)8-15(20)21-16/h4-8,12,14H,9-10H2,1-3H3,(H,23,24). The fraction of sp³-hybridized carbons (Fsp3) is 0.421. The first kappa shape index (κ1) is 19.2. The summed E-state index contributed by atoms with van der Waals surface area (Å²) in [4.78, 5) is 29.4. The molecule has 0 bridgehead atoms. The van der Waals surface area contributed by atoms with Crippen LogP contribution in [0.15, 0.2) is 30.3 Å². The highest BCUT2D eigenvalue weighted by molar-refractivity contribution is 6.30. The zero-order chi connectivity index (χ0) is 19.8. The van der Waals surface area contributed by atoms with Crippen molar-refractivity contribution in [1.29, 1.82) is 0 Å². The minimum absolute atomic E-state index is 0.0917. The number of aliphatic carboxylic acids is 1. The van der Waals surface area contributed by atoms with E-state index in [-0.39, 0.29) is 18.1 Å². The number of pyridine rings is 1. The maximum Gasteiger partial charge on any atom is 0.411 e. The number of likely N-dealkylation sites (tertiary alicyclic amines) is 1. The maximum atomic E-state index is 12.4. The molecule has 144 valence electrons. The Hall–Kier alpha value is -2.54. The summed E-state index contributed by atoms with van der Waals surface area (Å²) < 4.78 is 11.3. The lowest BCUT2D eigenvalue weighted by molar-refractivity contribution is -0.142. The van der Waals surface area contributed by atoms with Crippen molar-refractivity contribution in [2.75, 3.05) is 6.54 Å². The third-order valence-electron chi connectivity index (χ3n) is 4.13. The predicted molar refractivity (Wildman–Crippen MR) is 100 cm³/mol. The number of hydrogen-bond acceptors (Lipinski definition) is 5. The topological polar surface area (TPSA) is 89.0 Å². The summed E-state index contributed by atoms with van der Waals surface area (Å²) in [6.07, 6.45) is -1.07. The molecule has 1 aromatic heterocycles. The first-order valence-electron chi connectivity index (χ1n) is 8.58. The van der Waals surface area contributed by atoms with Crippen molar-refractivity contribution < 1.29 is 24.2 Å². The van der Waals surface area contributed by atoms with E-state index in [1.165, 1.54) is 4.90 Å². The molecule has 7 nitrogen and oxygen atoms in total. The van der Waals surface area contributed by atoms with Gasteiger partial charge in [0, 0.05) is 11.8 Å². The summed E-state index contributed by atoms with van der Waals surface area (Å²) in [6, 6.07) is 8.18. The molecule has 2 heterocycles. The average Bonchev–Trinajstić information content (AvgIpc) is 2.97. The van der Waals surface area contributed by atoms with Crippen LogP contribution in [0.1, 0.15) is 27.2 Å². The van der Waals surface area contributed by atoms with E-state index in [0.717, 1.165) is 10.8 Å². The third-order valence-corrected chi connectivity index (χ3v) is 4.32. The molecule has 0 radical (unpaired) electrons. The van der Waals surface area contributed by atoms with Gasteiger partial charge in [0.15, 0.2) is 0 Å². The molecule has 1 aromatic carbocycles. The molecule has 1 aliphatic rings. The molecule has 0 aliphatic carbocycles. The van der Waals surface area contributed by atoms with E-state index in [9.17, 15) is 14.7 Å². The predicted octanol–water partition coefficient (Wildman–Crippen LogP) is 3.73. The van der Waals surface area contributed by atoms with E-state index in [0.29, 0.717) is 5.88 Å². The van der Waals surface area contributed by atoms with Crippen molar-refractivity contribution in [2.24, 2.45) is 0 Å². The average molecular weight is 393 g/mol. The minimum Gasteiger partial charge on any atom is -0.480 e. The summed E-state index contributed by atoms with van der Waals surface area (Å²) in [5.74, 6) is -0.783. The van der Waals surface area contributed by atoms with Crippen LogP contribution in [0.5, 0.6) is 5.88 Å². The number of rotatable bonds is 3. The Balaban J connectivity index is 1.83. The molecule has 2 unspecified atom stereocenters. The highest BCUT2D eigenvalue weighted by Crippen LogP contribution is 2.30. The Labute approximate surface area is 161 Å². The van der Waals surface area contributed by atoms with Crippen LogP contribution in [-0.2, 0) is 9.53 Å². The number of carbonyl (C=O) groups is 2. The number of nitrogens with zero attached hydrogens (tertiary/aromatic N) is 2. The lowest BCUT2D eigenvalue weighted by Crippen LogP contribution is -2.43. The van der Waals surface area contributed by atoms with E-state index in [4.69, 9.17) is 21.1 Å². The molecule has 0 saturated carbocycles. The summed E-state index contributed by atoms with van der Waals surface area (Å²) in [5, 5.41) is 11.4. The van der Waals surface area contributed by atoms with Gasteiger partial charge < -0.3 is 14.6 Å². The zero-order valence-corrected chi connectivity index (χ0v) is 16.1. The van der Waals surface area contributed by atoms with Crippen LogP contribution in [0.25, 0.3) is 10.8 Å². The molecule has 2 atom stereocenters. The first-order chi connectivity index (χ1) is 12.6. The van der Waals surface area contributed by atoms with Gasteiger partial charge in [-0.15, -0.1) is 0 Å². The van der Waals surface area contributed by atoms with Crippen molar-refractivity contribution in [2.45, 2.75) is 44.9 Å². The Bertz CT molecular complexity index is 880. The number of benzene rings is 1. The number of carboxylic acid groups (broad SMARTS) is 1. The highest BCUT2D eigenvalue weighted by Gasteiger charge is 2.43. The van der Waals surface area contributed by atoms with Gasteiger partial charge in [0.25, 0.3) is 0 Å². The Morgan fingerprint density at radius 2 is 2.00 bits per heavy atom. The van der Waals surface area contributed by atoms with Gasteiger partial charge in [-0.05, 0) is 38.3 Å². The van der Waals surface area contributed by atoms with Crippen molar-refractivity contribution in [3.63, 3.8) is 0 Å². The smallest absolute Gasteiger partial charge is 0.411 e. The number of hydrogen-bond donors (Lipinski definition) is 1. The van der Waals surface area contributed by atoms with Gasteiger partial charge in [-0.25, -0.2) is 14.6 Å². The summed E-state index contributed by atoms with van der Waals surface area (Å²) in [5.41, 5.74) is -0.718. The SMILES string of the molecule is CC(C)(C)OC(=O)N1CC(Oc2nc(Cl)cc3ccccc23)CC1C(=O)O. The summed E-state index contributed by atoms with van der Waals surface area (Å²) in [6.45, 7) is 5.28. The monoisotopic (exact) mass is 392 g/mol. The molecule has 1 amide bonds. The second kappa shape index (κ2) is 7.23. The number of amides is 1. The van der Waals surface area contributed by atoms with E-state index < -0.39 is 29.8 Å². The highest BCUT2D eigenvalue weighted by atomic mass is 35.5. The fourth-order valence-electron chi connectivity index (χ4n) is 3.02. The number of halogens is 1. The van der Waals surface area contributed by atoms with Gasteiger partial charge in [0.2, 0.25) is 5.88 Å². The van der Waals surface area contributed by atoms with Gasteiger partial charge >= 0.3 is 12.1 Å². The van der Waals surface area contributed by atoms with Gasteiger partial charge in [-0.1, -0.05) is 29.8 Å². The quantitative estimate of drug-likeness (QED) is 0.800. The minimum atomic E-state index is -1.10. The maximum absolute atomic E-state index is 12.4. The zero-order valence-electron chi connectivity index (χ0n) is 15.3. The molecule has 3 rings (SSSR count). The fourth-order valence-corrected chi connectivity index (χ4v) is 3.22. The normalized spacial score (nSPS) is 19.9. The molecular weight excluding hydrogens is 372 g/mol. The lowest BCUT2D eigenvalue weighted by atomic mass is 10.1. The molecule has 1 fully saturated rings. The molecule has 1 saturated heterocycles. The van der Waals surface area contributed by atoms with Crippen LogP contribution in [0.4, 0.5) is 4.79 Å². The summed E-state index contributed by atoms with van der Waals surface area (Å²) >= 11 is 6.07. The number of carbonyl (C=O) groups excluding carboxylic acids is 1. The number of aromatic nitrogens is 1. The first-order valence-corrected chi connectivity index (χ1v) is 8.96. The van der Waals surface area contributed by atoms with Crippen molar-refractivity contribution >= 4 is 34.4 Å². The molecular formula is C19H21ClN2O5. The van der Waals surface area contributed by atoms with Gasteiger partial charge in [-0.2, -0.15) is 0 Å². The van der Waals surface area contributed by atoms with Crippen LogP contribution >= 0.6 is 11.6 Å². The van der Waals surface area contributed by atoms with Crippen LogP contribution in [0, 0.1) is 0 Å². The molecule has 1 aliphatic heterocycles. The van der Waals surface area contributed by atoms with Crippen molar-refractivity contribution in [1.82, 2.24) is 9.88 Å². The van der Waals surface area contributed by atoms with Crippen molar-refractivity contribution in [3.05, 3.63) is 35.5 Å². The number of ether oxygens (including phenoxy) is 2. The Kier molecular flexibility index (Phi) is 5.15. The second-order valence-electron chi connectivity index (χ2n) is 7.43. The van der Waals surface area contributed by atoms with Crippen molar-refractivity contribution in [3.8, 4) is 5.88 Å². The van der Waals surface area contributed by atoms with Gasteiger partial charge in [0.1, 0.15) is 22.9 Å². The molecule has 8 heteroatoms. The van der Waals surface area contributed by atoms with E-state index in [1.807, 2.05) is 24.3 Å². The second-order valence-corrected chi connectivity index (χ2v) is 7.82. The van der Waals surface area contributed by atoms with Crippen LogP contribution < -0.4 is 4.74 Å². The molecule has 2 aromatic rings. The van der Waals surface area contributed by atoms with E-state index in [2.05, 4.69) is 4.98 Å². The van der Waals surface area contributed by atoms with Gasteiger partial charge in [-0.3, -0.25) is 4.90 Å². The van der Waals surface area contributed by atoms with E-state index in [1.54, 1.807) is 26.8 Å². The molecule has 0 spiro atoms. The summed E-state index contributed by atoms with van der Waals surface area (Å²) in [7, 11) is 0. The Morgan fingerprint density at radius 1 is 1.30 bits per heavy atom. The molecule has 1 N–H and O–H groups in total. The van der Waals surface area contributed by atoms with Crippen LogP contribution in [0.2, 0.25) is 5.15 Å². The lowest BCUT2D eigenvalue weighted by Gasteiger charge is -2.26.